The SMILES string of the molecule is CCOC(CCCc1ccc(C(F)(F)F)cc1)(O[SiH3])OCC. The smallest absolute Gasteiger partial charge is 0.380 e. The van der Waals surface area contributed by atoms with Crippen LogP contribution in [0.25, 0.3) is 0 Å². The zero-order chi connectivity index (χ0) is 16.6. The summed E-state index contributed by atoms with van der Waals surface area (Å²) in [6.45, 7) is 4.68. The second-order valence-electron chi connectivity index (χ2n) is 4.80. The molecule has 0 heterocycles. The average Bonchev–Trinajstić information content (AvgIpc) is 2.47. The Morgan fingerprint density at radius 3 is 1.95 bits per heavy atom. The minimum atomic E-state index is -4.29. The van der Waals surface area contributed by atoms with Gasteiger partial charge in [0.2, 0.25) is 0 Å². The maximum Gasteiger partial charge on any atom is 0.416 e. The van der Waals surface area contributed by atoms with E-state index in [-0.39, 0.29) is 0 Å². The average molecular weight is 336 g/mol. The van der Waals surface area contributed by atoms with Crippen molar-refractivity contribution in [3.8, 4) is 0 Å². The highest BCUT2D eigenvalue weighted by atomic mass is 28.2. The lowest BCUT2D eigenvalue weighted by Crippen LogP contribution is -2.38. The molecule has 0 aliphatic carbocycles. The maximum atomic E-state index is 12.5. The van der Waals surface area contributed by atoms with Gasteiger partial charge >= 0.3 is 6.18 Å². The van der Waals surface area contributed by atoms with Crippen molar-refractivity contribution in [3.63, 3.8) is 0 Å². The third-order valence-electron chi connectivity index (χ3n) is 3.27. The van der Waals surface area contributed by atoms with Gasteiger partial charge < -0.3 is 13.9 Å². The second-order valence-corrected chi connectivity index (χ2v) is 5.21. The molecule has 0 radical (unpaired) electrons. The van der Waals surface area contributed by atoms with Gasteiger partial charge in [0.25, 0.3) is 5.97 Å². The third-order valence-corrected chi connectivity index (χ3v) is 3.89. The summed E-state index contributed by atoms with van der Waals surface area (Å²) in [5.41, 5.74) is 0.223. The number of hydrogen-bond acceptors (Lipinski definition) is 3. The molecule has 0 saturated carbocycles. The highest BCUT2D eigenvalue weighted by molar-refractivity contribution is 5.98. The fourth-order valence-electron chi connectivity index (χ4n) is 2.22. The van der Waals surface area contributed by atoms with Crippen LogP contribution in [0.1, 0.15) is 37.8 Å². The third kappa shape index (κ3) is 5.72. The van der Waals surface area contributed by atoms with E-state index < -0.39 is 17.7 Å². The van der Waals surface area contributed by atoms with Crippen LogP contribution in [0.15, 0.2) is 24.3 Å². The molecule has 1 aromatic rings. The highest BCUT2D eigenvalue weighted by Gasteiger charge is 2.31. The van der Waals surface area contributed by atoms with Crippen molar-refractivity contribution in [1.29, 1.82) is 0 Å². The zero-order valence-corrected chi connectivity index (χ0v) is 15.2. The summed E-state index contributed by atoms with van der Waals surface area (Å²) in [5, 5.41) is 0. The minimum Gasteiger partial charge on any atom is -0.380 e. The Bertz CT molecular complexity index is 429. The molecule has 0 aromatic heterocycles. The van der Waals surface area contributed by atoms with E-state index in [1.807, 2.05) is 13.8 Å². The minimum absolute atomic E-state index is 0.475. The lowest BCUT2D eigenvalue weighted by molar-refractivity contribution is -0.343. The predicted octanol–water partition coefficient (Wildman–Crippen LogP) is 3.05. The Morgan fingerprint density at radius 2 is 1.55 bits per heavy atom. The number of benzene rings is 1. The van der Waals surface area contributed by atoms with Crippen LogP contribution in [0.2, 0.25) is 0 Å². The van der Waals surface area contributed by atoms with Crippen molar-refractivity contribution in [2.24, 2.45) is 0 Å². The van der Waals surface area contributed by atoms with Gasteiger partial charge in [-0.3, -0.25) is 0 Å². The summed E-state index contributed by atoms with van der Waals surface area (Å²) >= 11 is 0. The first-order valence-electron chi connectivity index (χ1n) is 7.36. The lowest BCUT2D eigenvalue weighted by atomic mass is 10.1. The molecular formula is C15H23F3O3Si. The molecule has 0 aliphatic rings. The molecule has 0 unspecified atom stereocenters. The van der Waals surface area contributed by atoms with Crippen LogP contribution in [0.4, 0.5) is 13.2 Å². The van der Waals surface area contributed by atoms with Crippen LogP contribution >= 0.6 is 0 Å². The van der Waals surface area contributed by atoms with Gasteiger partial charge in [0, 0.05) is 19.6 Å². The van der Waals surface area contributed by atoms with Crippen LogP contribution in [-0.2, 0) is 26.5 Å². The van der Waals surface area contributed by atoms with Gasteiger partial charge in [-0.15, -0.1) is 0 Å². The molecule has 0 aliphatic heterocycles. The first-order chi connectivity index (χ1) is 10.4. The summed E-state index contributed by atoms with van der Waals surface area (Å²) in [4.78, 5) is 0. The molecule has 0 saturated heterocycles. The molecule has 7 heteroatoms. The van der Waals surface area contributed by atoms with Crippen molar-refractivity contribution in [1.82, 2.24) is 0 Å². The maximum absolute atomic E-state index is 12.5. The van der Waals surface area contributed by atoms with E-state index in [4.69, 9.17) is 13.9 Å². The first kappa shape index (κ1) is 19.2. The molecule has 0 amide bonds. The first-order valence-corrected chi connectivity index (χ1v) is 8.17. The standard InChI is InChI=1S/C15H23F3O3Si/c1-3-19-14(21-22,20-4-2)11-5-6-12-7-9-13(10-8-12)15(16,17)18/h7-10H,3-6,11H2,1-2,22H3. The summed E-state index contributed by atoms with van der Waals surface area (Å²) in [7, 11) is 0.480. The summed E-state index contributed by atoms with van der Waals surface area (Å²) in [6.07, 6.45) is -2.41. The van der Waals surface area contributed by atoms with E-state index in [9.17, 15) is 13.2 Å². The Balaban J connectivity index is 2.58. The molecule has 126 valence electrons. The second kappa shape index (κ2) is 8.66. The van der Waals surface area contributed by atoms with Crippen LogP contribution in [0.3, 0.4) is 0 Å². The van der Waals surface area contributed by atoms with Gasteiger partial charge in [-0.1, -0.05) is 12.1 Å². The predicted molar refractivity (Wildman–Crippen MR) is 81.4 cm³/mol. The Kier molecular flexibility index (Phi) is 7.54. The number of ether oxygens (including phenoxy) is 2. The molecule has 0 atom stereocenters. The van der Waals surface area contributed by atoms with Crippen molar-refractivity contribution in [2.75, 3.05) is 13.2 Å². The van der Waals surface area contributed by atoms with Crippen molar-refractivity contribution >= 4 is 10.5 Å². The van der Waals surface area contributed by atoms with Crippen LogP contribution < -0.4 is 0 Å². The number of rotatable bonds is 9. The largest absolute Gasteiger partial charge is 0.416 e. The number of aryl methyl sites for hydroxylation is 1. The summed E-state index contributed by atoms with van der Waals surface area (Å²) in [5.74, 6) is -1.01. The normalized spacial score (nSPS) is 12.8. The molecule has 22 heavy (non-hydrogen) atoms. The quantitative estimate of drug-likeness (QED) is 0.512. The van der Waals surface area contributed by atoms with Crippen LogP contribution in [-0.4, -0.2) is 29.7 Å². The van der Waals surface area contributed by atoms with E-state index in [0.717, 1.165) is 17.7 Å². The molecular weight excluding hydrogens is 313 g/mol. The van der Waals surface area contributed by atoms with Gasteiger partial charge in [0.1, 0.15) is 0 Å². The van der Waals surface area contributed by atoms with Gasteiger partial charge in [-0.05, 0) is 44.4 Å². The number of alkyl halides is 3. The monoisotopic (exact) mass is 336 g/mol. The molecule has 1 rings (SSSR count). The molecule has 0 bridgehead atoms. The fraction of sp³-hybridized carbons (Fsp3) is 0.600. The fourth-order valence-corrected chi connectivity index (χ4v) is 2.65. The van der Waals surface area contributed by atoms with Gasteiger partial charge in [-0.25, -0.2) is 0 Å². The van der Waals surface area contributed by atoms with E-state index in [0.29, 0.717) is 43.0 Å². The topological polar surface area (TPSA) is 27.7 Å². The van der Waals surface area contributed by atoms with Gasteiger partial charge in [0.15, 0.2) is 10.5 Å². The van der Waals surface area contributed by atoms with Crippen molar-refractivity contribution < 1.29 is 27.1 Å². The highest BCUT2D eigenvalue weighted by Crippen LogP contribution is 2.29. The molecule has 1 aromatic carbocycles. The lowest BCUT2D eigenvalue weighted by Gasteiger charge is -2.31. The molecule has 0 spiro atoms. The van der Waals surface area contributed by atoms with E-state index in [1.165, 1.54) is 12.1 Å². The van der Waals surface area contributed by atoms with Crippen molar-refractivity contribution in [2.45, 2.75) is 45.3 Å². The number of halogens is 3. The zero-order valence-electron chi connectivity index (χ0n) is 13.2. The Labute approximate surface area is 132 Å². The molecule has 3 nitrogen and oxygen atoms in total. The number of hydrogen-bond donors (Lipinski definition) is 0. The van der Waals surface area contributed by atoms with Gasteiger partial charge in [0.05, 0.1) is 5.56 Å². The van der Waals surface area contributed by atoms with E-state index in [1.54, 1.807) is 0 Å². The molecule has 0 N–H and O–H groups in total. The Hall–Kier alpha value is -0.893. The van der Waals surface area contributed by atoms with Crippen LogP contribution in [0, 0.1) is 0 Å². The van der Waals surface area contributed by atoms with E-state index in [2.05, 4.69) is 0 Å². The van der Waals surface area contributed by atoms with E-state index >= 15 is 0 Å². The van der Waals surface area contributed by atoms with Gasteiger partial charge in [-0.2, -0.15) is 13.2 Å². The van der Waals surface area contributed by atoms with Crippen molar-refractivity contribution in [3.05, 3.63) is 35.4 Å². The summed E-state index contributed by atoms with van der Waals surface area (Å²) < 4.78 is 54.1. The summed E-state index contributed by atoms with van der Waals surface area (Å²) in [6, 6.07) is 5.23. The molecule has 0 fully saturated rings. The van der Waals surface area contributed by atoms with Crippen LogP contribution in [0.5, 0.6) is 0 Å². The Morgan fingerprint density at radius 1 is 1.00 bits per heavy atom.